The van der Waals surface area contributed by atoms with Crippen LogP contribution in [0.5, 0.6) is 0 Å². The van der Waals surface area contributed by atoms with Crippen molar-refractivity contribution in [3.05, 3.63) is 23.8 Å². The predicted molar refractivity (Wildman–Crippen MR) is 69.6 cm³/mol. The van der Waals surface area contributed by atoms with E-state index in [1.165, 1.54) is 0 Å². The molecule has 0 N–H and O–H groups in total. The summed E-state index contributed by atoms with van der Waals surface area (Å²) in [5.41, 5.74) is 0.703. The fourth-order valence-corrected chi connectivity index (χ4v) is 2.36. The number of benzene rings is 1. The molecule has 0 bridgehead atoms. The highest BCUT2D eigenvalue weighted by atomic mass is 35.5. The van der Waals surface area contributed by atoms with Crippen molar-refractivity contribution in [2.45, 2.75) is 22.1 Å². The molecule has 0 aliphatic rings. The minimum absolute atomic E-state index is 0.0112. The van der Waals surface area contributed by atoms with Gasteiger partial charge in [0.2, 0.25) is 0 Å². The highest BCUT2D eigenvalue weighted by molar-refractivity contribution is 7.99. The van der Waals surface area contributed by atoms with Gasteiger partial charge in [0.25, 0.3) is 0 Å². The Labute approximate surface area is 104 Å². The average Bonchev–Trinajstić information content (AvgIpc) is 2.27. The number of alkyl halides is 1. The van der Waals surface area contributed by atoms with E-state index in [0.29, 0.717) is 5.56 Å². The molecule has 0 heterocycles. The highest BCUT2D eigenvalue weighted by Crippen LogP contribution is 2.25. The molecule has 1 nitrogen and oxygen atoms in total. The van der Waals surface area contributed by atoms with Gasteiger partial charge < -0.3 is 0 Å². The topological polar surface area (TPSA) is 17.1 Å². The van der Waals surface area contributed by atoms with Crippen LogP contribution >= 0.6 is 35.1 Å². The zero-order valence-corrected chi connectivity index (χ0v) is 11.3. The molecule has 1 atom stereocenters. The van der Waals surface area contributed by atoms with Gasteiger partial charge >= 0.3 is 0 Å². The Morgan fingerprint density at radius 3 is 2.00 bits per heavy atom. The molecule has 0 fully saturated rings. The van der Waals surface area contributed by atoms with Gasteiger partial charge in [-0.05, 0) is 37.6 Å². The fourth-order valence-electron chi connectivity index (χ4n) is 1.18. The van der Waals surface area contributed by atoms with Gasteiger partial charge in [0.1, 0.15) is 0 Å². The Bertz CT molecular complexity index is 341. The van der Waals surface area contributed by atoms with Crippen molar-refractivity contribution in [1.82, 2.24) is 0 Å². The summed E-state index contributed by atoms with van der Waals surface area (Å²) in [6, 6.07) is 5.86. The molecule has 0 radical (unpaired) electrons. The van der Waals surface area contributed by atoms with Gasteiger partial charge in [-0.2, -0.15) is 0 Å². The summed E-state index contributed by atoms with van der Waals surface area (Å²) in [5, 5.41) is -0.461. The summed E-state index contributed by atoms with van der Waals surface area (Å²) in [6.07, 6.45) is 4.00. The predicted octanol–water partition coefficient (Wildman–Crippen LogP) is 3.94. The van der Waals surface area contributed by atoms with Gasteiger partial charge in [-0.1, -0.05) is 0 Å². The van der Waals surface area contributed by atoms with Crippen LogP contribution in [-0.2, 0) is 0 Å². The first-order chi connectivity index (χ1) is 7.08. The third-order valence-electron chi connectivity index (χ3n) is 2.00. The number of Topliss-reactive ketones (excluding diaryl/α,β-unsaturated/α-hetero) is 1. The number of halogens is 1. The van der Waals surface area contributed by atoms with E-state index >= 15 is 0 Å². The lowest BCUT2D eigenvalue weighted by atomic mass is 10.1. The summed E-state index contributed by atoms with van der Waals surface area (Å²) in [5.74, 6) is -0.0112. The molecule has 1 unspecified atom stereocenters. The van der Waals surface area contributed by atoms with Crippen molar-refractivity contribution >= 4 is 40.9 Å². The zero-order valence-electron chi connectivity index (χ0n) is 8.91. The van der Waals surface area contributed by atoms with Crippen molar-refractivity contribution in [2.75, 3.05) is 12.5 Å². The number of ketones is 1. The minimum atomic E-state index is -0.461. The molecular formula is C11H13ClOS2. The molecule has 0 aliphatic carbocycles. The van der Waals surface area contributed by atoms with Crippen LogP contribution in [0.4, 0.5) is 0 Å². The second-order valence-corrected chi connectivity index (χ2v) is 5.50. The average molecular weight is 261 g/mol. The summed E-state index contributed by atoms with van der Waals surface area (Å²) >= 11 is 9.06. The van der Waals surface area contributed by atoms with Crippen LogP contribution in [0, 0.1) is 0 Å². The summed E-state index contributed by atoms with van der Waals surface area (Å²) in [7, 11) is 0. The van der Waals surface area contributed by atoms with Crippen molar-refractivity contribution < 1.29 is 4.79 Å². The van der Waals surface area contributed by atoms with Crippen LogP contribution in [0.15, 0.2) is 28.0 Å². The van der Waals surface area contributed by atoms with E-state index < -0.39 is 5.38 Å². The molecule has 1 aromatic rings. The lowest BCUT2D eigenvalue weighted by molar-refractivity contribution is 0.0991. The summed E-state index contributed by atoms with van der Waals surface area (Å²) in [6.45, 7) is 1.70. The van der Waals surface area contributed by atoms with Crippen molar-refractivity contribution in [1.29, 1.82) is 0 Å². The molecule has 0 saturated carbocycles. The van der Waals surface area contributed by atoms with E-state index in [2.05, 4.69) is 6.07 Å². The first-order valence-electron chi connectivity index (χ1n) is 4.50. The molecule has 0 spiro atoms. The first kappa shape index (κ1) is 12.9. The van der Waals surface area contributed by atoms with Gasteiger partial charge in [-0.15, -0.1) is 35.1 Å². The van der Waals surface area contributed by atoms with E-state index in [9.17, 15) is 4.79 Å². The van der Waals surface area contributed by atoms with Gasteiger partial charge in [0, 0.05) is 15.4 Å². The van der Waals surface area contributed by atoms with Gasteiger partial charge in [0.05, 0.1) is 5.38 Å². The Morgan fingerprint density at radius 2 is 1.67 bits per heavy atom. The lowest BCUT2D eigenvalue weighted by Crippen LogP contribution is -2.10. The van der Waals surface area contributed by atoms with E-state index in [1.54, 1.807) is 30.4 Å². The maximum atomic E-state index is 11.7. The van der Waals surface area contributed by atoms with Gasteiger partial charge in [0.15, 0.2) is 5.78 Å². The maximum absolute atomic E-state index is 11.7. The normalized spacial score (nSPS) is 12.5. The van der Waals surface area contributed by atoms with Crippen LogP contribution in [0.3, 0.4) is 0 Å². The number of carbonyl (C=O) groups excluding carboxylic acids is 1. The quantitative estimate of drug-likeness (QED) is 0.464. The molecule has 1 rings (SSSR count). The Balaban J connectivity index is 3.12. The Kier molecular flexibility index (Phi) is 5.03. The second-order valence-electron chi connectivity index (χ2n) is 3.08. The number of thioether (sulfide) groups is 2. The number of hydrogen-bond donors (Lipinski definition) is 0. The largest absolute Gasteiger partial charge is 0.293 e. The Morgan fingerprint density at radius 1 is 1.20 bits per heavy atom. The summed E-state index contributed by atoms with van der Waals surface area (Å²) < 4.78 is 0. The minimum Gasteiger partial charge on any atom is -0.293 e. The molecule has 15 heavy (non-hydrogen) atoms. The first-order valence-corrected chi connectivity index (χ1v) is 7.38. The van der Waals surface area contributed by atoms with Crippen LogP contribution in [0.2, 0.25) is 0 Å². The van der Waals surface area contributed by atoms with Crippen LogP contribution < -0.4 is 0 Å². The maximum Gasteiger partial charge on any atom is 0.180 e. The van der Waals surface area contributed by atoms with Crippen LogP contribution in [0.25, 0.3) is 0 Å². The smallest absolute Gasteiger partial charge is 0.180 e. The van der Waals surface area contributed by atoms with Crippen molar-refractivity contribution in [3.8, 4) is 0 Å². The molecule has 0 saturated heterocycles. The van der Waals surface area contributed by atoms with Crippen LogP contribution in [-0.4, -0.2) is 23.7 Å². The van der Waals surface area contributed by atoms with Gasteiger partial charge in [-0.25, -0.2) is 0 Å². The van der Waals surface area contributed by atoms with E-state index in [4.69, 9.17) is 11.6 Å². The Hall–Kier alpha value is -0.120. The standard InChI is InChI=1S/C11H13ClOS2/c1-7(12)11(13)8-4-9(14-2)6-10(5-8)15-3/h4-7H,1-3H3. The molecule has 4 heteroatoms. The van der Waals surface area contributed by atoms with Crippen molar-refractivity contribution in [3.63, 3.8) is 0 Å². The van der Waals surface area contributed by atoms with E-state index in [0.717, 1.165) is 9.79 Å². The molecule has 0 aliphatic heterocycles. The summed E-state index contributed by atoms with van der Waals surface area (Å²) in [4.78, 5) is 13.9. The second kappa shape index (κ2) is 5.83. The number of carbonyl (C=O) groups is 1. The SMILES string of the molecule is CSc1cc(SC)cc(C(=O)C(C)Cl)c1. The molecule has 1 aromatic carbocycles. The molecule has 82 valence electrons. The van der Waals surface area contributed by atoms with E-state index in [1.807, 2.05) is 24.6 Å². The molecular weight excluding hydrogens is 248 g/mol. The van der Waals surface area contributed by atoms with Gasteiger partial charge in [-0.3, -0.25) is 4.79 Å². The third kappa shape index (κ3) is 3.44. The third-order valence-corrected chi connectivity index (χ3v) is 3.61. The number of hydrogen-bond acceptors (Lipinski definition) is 3. The molecule has 0 aromatic heterocycles. The highest BCUT2D eigenvalue weighted by Gasteiger charge is 2.13. The lowest BCUT2D eigenvalue weighted by Gasteiger charge is -2.07. The van der Waals surface area contributed by atoms with E-state index in [-0.39, 0.29) is 5.78 Å². The van der Waals surface area contributed by atoms with Crippen molar-refractivity contribution in [2.24, 2.45) is 0 Å². The zero-order chi connectivity index (χ0) is 11.4. The number of rotatable bonds is 4. The molecule has 0 amide bonds. The van der Waals surface area contributed by atoms with Crippen LogP contribution in [0.1, 0.15) is 17.3 Å². The fraction of sp³-hybridized carbons (Fsp3) is 0.364. The monoisotopic (exact) mass is 260 g/mol.